The maximum absolute atomic E-state index is 12.3. The highest BCUT2D eigenvalue weighted by Gasteiger charge is 2.19. The molecule has 0 saturated carbocycles. The number of fused-ring (bicyclic) bond motifs is 1. The van der Waals surface area contributed by atoms with Crippen molar-refractivity contribution in [1.82, 2.24) is 9.80 Å². The smallest absolute Gasteiger partial charge is 0.260 e. The van der Waals surface area contributed by atoms with E-state index < -0.39 is 0 Å². The van der Waals surface area contributed by atoms with Gasteiger partial charge in [0.1, 0.15) is 12.4 Å². The molecule has 1 amide bonds. The van der Waals surface area contributed by atoms with Gasteiger partial charge in [-0.3, -0.25) is 9.69 Å². The van der Waals surface area contributed by atoms with Crippen molar-refractivity contribution in [2.75, 3.05) is 53.2 Å². The predicted octanol–water partition coefficient (Wildman–Crippen LogP) is 2.33. The molecule has 2 heterocycles. The van der Waals surface area contributed by atoms with Crippen LogP contribution in [-0.4, -0.2) is 68.9 Å². The van der Waals surface area contributed by atoms with Crippen molar-refractivity contribution in [2.24, 2.45) is 0 Å². The van der Waals surface area contributed by atoms with E-state index in [1.807, 2.05) is 36.4 Å². The third-order valence-electron chi connectivity index (χ3n) is 5.38. The van der Waals surface area contributed by atoms with Gasteiger partial charge in [-0.15, -0.1) is 0 Å². The molecule has 1 fully saturated rings. The lowest BCUT2D eigenvalue weighted by Gasteiger charge is -2.26. The second-order valence-electron chi connectivity index (χ2n) is 7.43. The summed E-state index contributed by atoms with van der Waals surface area (Å²) in [6, 6.07) is 14.0. The Balaban J connectivity index is 1.38. The third-order valence-corrected chi connectivity index (χ3v) is 5.38. The monoisotopic (exact) mass is 412 g/mol. The van der Waals surface area contributed by atoms with Gasteiger partial charge < -0.3 is 23.8 Å². The van der Waals surface area contributed by atoms with Crippen LogP contribution in [0.15, 0.2) is 42.5 Å². The zero-order valence-electron chi connectivity index (χ0n) is 17.3. The Labute approximate surface area is 177 Å². The summed E-state index contributed by atoms with van der Waals surface area (Å²) in [7, 11) is 1.62. The van der Waals surface area contributed by atoms with Crippen LogP contribution in [-0.2, 0) is 22.6 Å². The number of morpholine rings is 1. The Morgan fingerprint density at radius 1 is 1.03 bits per heavy atom. The van der Waals surface area contributed by atoms with E-state index in [1.165, 1.54) is 5.56 Å². The number of methoxy groups -OCH3 is 1. The molecule has 0 unspecified atom stereocenters. The molecule has 2 aromatic rings. The van der Waals surface area contributed by atoms with Gasteiger partial charge in [-0.1, -0.05) is 24.3 Å². The molecule has 0 atom stereocenters. The van der Waals surface area contributed by atoms with Crippen LogP contribution >= 0.6 is 0 Å². The molecule has 160 valence electrons. The van der Waals surface area contributed by atoms with Crippen LogP contribution in [0.1, 0.15) is 11.1 Å². The highest BCUT2D eigenvalue weighted by molar-refractivity contribution is 5.78. The van der Waals surface area contributed by atoms with Crippen molar-refractivity contribution in [1.29, 1.82) is 0 Å². The van der Waals surface area contributed by atoms with Crippen LogP contribution in [0.3, 0.4) is 0 Å². The molecule has 7 heteroatoms. The average molecular weight is 412 g/mol. The minimum absolute atomic E-state index is 0.00401. The molecule has 0 aromatic heterocycles. The van der Waals surface area contributed by atoms with Gasteiger partial charge >= 0.3 is 0 Å². The molecule has 0 spiro atoms. The molecule has 0 bridgehead atoms. The zero-order chi connectivity index (χ0) is 20.8. The molecular formula is C23H28N2O5. The van der Waals surface area contributed by atoms with Gasteiger partial charge in [0.2, 0.25) is 0 Å². The molecule has 2 aliphatic rings. The Morgan fingerprint density at radius 3 is 2.70 bits per heavy atom. The van der Waals surface area contributed by atoms with Crippen LogP contribution in [0.4, 0.5) is 0 Å². The molecular weight excluding hydrogens is 384 g/mol. The second kappa shape index (κ2) is 9.82. The standard InChI is InChI=1S/C23H28N2O5/c1-27-22-14-18(15-24-8-13-29-20-5-3-2-4-19(20)16-24)6-7-21(22)30-17-23(26)25-9-11-28-12-10-25/h2-7,14H,8-13,15-17H2,1H3. The van der Waals surface area contributed by atoms with Gasteiger partial charge in [0.15, 0.2) is 18.1 Å². The normalized spacial score (nSPS) is 16.9. The lowest BCUT2D eigenvalue weighted by Crippen LogP contribution is -2.43. The van der Waals surface area contributed by atoms with Crippen molar-refractivity contribution >= 4 is 5.91 Å². The van der Waals surface area contributed by atoms with E-state index >= 15 is 0 Å². The third kappa shape index (κ3) is 5.04. The van der Waals surface area contributed by atoms with Crippen LogP contribution in [0.25, 0.3) is 0 Å². The van der Waals surface area contributed by atoms with Gasteiger partial charge in [-0.05, 0) is 23.8 Å². The fraction of sp³-hybridized carbons (Fsp3) is 0.435. The number of nitrogens with zero attached hydrogens (tertiary/aromatic N) is 2. The maximum atomic E-state index is 12.3. The summed E-state index contributed by atoms with van der Waals surface area (Å²) >= 11 is 0. The summed E-state index contributed by atoms with van der Waals surface area (Å²) in [5, 5.41) is 0. The number of carbonyl (C=O) groups is 1. The van der Waals surface area contributed by atoms with Crippen molar-refractivity contribution in [3.05, 3.63) is 53.6 Å². The molecule has 4 rings (SSSR count). The first-order chi connectivity index (χ1) is 14.7. The van der Waals surface area contributed by atoms with E-state index in [0.717, 1.165) is 30.9 Å². The molecule has 7 nitrogen and oxygen atoms in total. The van der Waals surface area contributed by atoms with Crippen LogP contribution in [0.2, 0.25) is 0 Å². The molecule has 2 aromatic carbocycles. The van der Waals surface area contributed by atoms with E-state index in [1.54, 1.807) is 12.0 Å². The topological polar surface area (TPSA) is 60.5 Å². The van der Waals surface area contributed by atoms with E-state index in [-0.39, 0.29) is 12.5 Å². The quantitative estimate of drug-likeness (QED) is 0.726. The summed E-state index contributed by atoms with van der Waals surface area (Å²) in [5.74, 6) is 2.14. The predicted molar refractivity (Wildman–Crippen MR) is 112 cm³/mol. The highest BCUT2D eigenvalue weighted by atomic mass is 16.5. The van der Waals surface area contributed by atoms with Crippen molar-refractivity contribution < 1.29 is 23.7 Å². The Kier molecular flexibility index (Phi) is 6.71. The number of amides is 1. The van der Waals surface area contributed by atoms with Crippen LogP contribution < -0.4 is 14.2 Å². The molecule has 2 aliphatic heterocycles. The summed E-state index contributed by atoms with van der Waals surface area (Å²) < 4.78 is 22.4. The van der Waals surface area contributed by atoms with Gasteiger partial charge in [-0.25, -0.2) is 0 Å². The summed E-state index contributed by atoms with van der Waals surface area (Å²) in [5.41, 5.74) is 2.32. The van der Waals surface area contributed by atoms with E-state index in [0.29, 0.717) is 44.4 Å². The fourth-order valence-electron chi connectivity index (χ4n) is 3.75. The van der Waals surface area contributed by atoms with Gasteiger partial charge in [0.05, 0.1) is 20.3 Å². The molecule has 1 saturated heterocycles. The van der Waals surface area contributed by atoms with Crippen molar-refractivity contribution in [3.8, 4) is 17.2 Å². The molecule has 0 N–H and O–H groups in total. The zero-order valence-corrected chi connectivity index (χ0v) is 17.3. The molecule has 0 radical (unpaired) electrons. The minimum Gasteiger partial charge on any atom is -0.493 e. The van der Waals surface area contributed by atoms with Gasteiger partial charge in [-0.2, -0.15) is 0 Å². The Bertz CT molecular complexity index is 866. The summed E-state index contributed by atoms with van der Waals surface area (Å²) in [6.45, 7) is 5.51. The summed E-state index contributed by atoms with van der Waals surface area (Å²) in [6.07, 6.45) is 0. The number of hydrogen-bond donors (Lipinski definition) is 0. The van der Waals surface area contributed by atoms with E-state index in [9.17, 15) is 4.79 Å². The average Bonchev–Trinajstić information content (AvgIpc) is 3.00. The fourth-order valence-corrected chi connectivity index (χ4v) is 3.75. The largest absolute Gasteiger partial charge is 0.493 e. The second-order valence-corrected chi connectivity index (χ2v) is 7.43. The minimum atomic E-state index is -0.0346. The number of benzene rings is 2. The maximum Gasteiger partial charge on any atom is 0.260 e. The number of para-hydroxylation sites is 1. The number of rotatable bonds is 6. The molecule has 30 heavy (non-hydrogen) atoms. The Morgan fingerprint density at radius 2 is 1.87 bits per heavy atom. The first-order valence-corrected chi connectivity index (χ1v) is 10.3. The van der Waals surface area contributed by atoms with Crippen molar-refractivity contribution in [3.63, 3.8) is 0 Å². The number of ether oxygens (including phenoxy) is 4. The number of hydrogen-bond acceptors (Lipinski definition) is 6. The lowest BCUT2D eigenvalue weighted by molar-refractivity contribution is -0.137. The van der Waals surface area contributed by atoms with E-state index in [4.69, 9.17) is 18.9 Å². The van der Waals surface area contributed by atoms with E-state index in [2.05, 4.69) is 11.0 Å². The SMILES string of the molecule is COc1cc(CN2CCOc3ccccc3C2)ccc1OCC(=O)N1CCOCC1. The van der Waals surface area contributed by atoms with Gasteiger partial charge in [0, 0.05) is 38.3 Å². The highest BCUT2D eigenvalue weighted by Crippen LogP contribution is 2.30. The van der Waals surface area contributed by atoms with Crippen LogP contribution in [0, 0.1) is 0 Å². The Hall–Kier alpha value is -2.77. The first-order valence-electron chi connectivity index (χ1n) is 10.3. The lowest BCUT2D eigenvalue weighted by atomic mass is 10.1. The summed E-state index contributed by atoms with van der Waals surface area (Å²) in [4.78, 5) is 16.4. The van der Waals surface area contributed by atoms with Gasteiger partial charge in [0.25, 0.3) is 5.91 Å². The molecule has 0 aliphatic carbocycles. The van der Waals surface area contributed by atoms with Crippen LogP contribution in [0.5, 0.6) is 17.2 Å². The van der Waals surface area contributed by atoms with Crippen molar-refractivity contribution in [2.45, 2.75) is 13.1 Å². The first kappa shape index (κ1) is 20.5. The number of carbonyl (C=O) groups excluding carboxylic acids is 1.